The van der Waals surface area contributed by atoms with E-state index in [2.05, 4.69) is 11.9 Å². The summed E-state index contributed by atoms with van der Waals surface area (Å²) in [5.41, 5.74) is 7.31. The Morgan fingerprint density at radius 3 is 2.80 bits per heavy atom. The Bertz CT molecular complexity index is 500. The standard InChI is InChI=1S/C15H21N3O2/c1-4-6-14(16)15(20)17-13-8-5-7-12(9-13)10-18(3)11(2)19/h4-5,7-9,14H,1,6,10,16H2,2-3H3,(H,17,20). The minimum atomic E-state index is -0.601. The number of nitrogens with two attached hydrogens (primary N) is 1. The summed E-state index contributed by atoms with van der Waals surface area (Å²) in [6.07, 6.45) is 2.04. The van der Waals surface area contributed by atoms with Crippen LogP contribution in [0.1, 0.15) is 18.9 Å². The second kappa shape index (κ2) is 7.45. The maximum absolute atomic E-state index is 11.8. The Morgan fingerprint density at radius 2 is 2.20 bits per heavy atom. The third kappa shape index (κ3) is 4.85. The molecule has 0 saturated carbocycles. The van der Waals surface area contributed by atoms with Gasteiger partial charge < -0.3 is 16.0 Å². The molecule has 2 amide bonds. The van der Waals surface area contributed by atoms with E-state index in [1.54, 1.807) is 24.1 Å². The van der Waals surface area contributed by atoms with Crippen molar-refractivity contribution >= 4 is 17.5 Å². The van der Waals surface area contributed by atoms with Crippen molar-refractivity contribution in [3.63, 3.8) is 0 Å². The summed E-state index contributed by atoms with van der Waals surface area (Å²) in [4.78, 5) is 24.6. The molecule has 0 aliphatic rings. The van der Waals surface area contributed by atoms with Crippen molar-refractivity contribution < 1.29 is 9.59 Å². The van der Waals surface area contributed by atoms with Gasteiger partial charge >= 0.3 is 0 Å². The first-order valence-corrected chi connectivity index (χ1v) is 6.42. The molecule has 20 heavy (non-hydrogen) atoms. The molecule has 0 heterocycles. The van der Waals surface area contributed by atoms with Crippen molar-refractivity contribution in [1.29, 1.82) is 0 Å². The van der Waals surface area contributed by atoms with Gasteiger partial charge in [0.25, 0.3) is 0 Å². The van der Waals surface area contributed by atoms with Gasteiger partial charge in [-0.2, -0.15) is 0 Å². The fraction of sp³-hybridized carbons (Fsp3) is 0.333. The van der Waals surface area contributed by atoms with Gasteiger partial charge in [0.1, 0.15) is 0 Å². The fourth-order valence-corrected chi connectivity index (χ4v) is 1.65. The van der Waals surface area contributed by atoms with Crippen LogP contribution >= 0.6 is 0 Å². The molecule has 1 rings (SSSR count). The summed E-state index contributed by atoms with van der Waals surface area (Å²) >= 11 is 0. The lowest BCUT2D eigenvalue weighted by Gasteiger charge is -2.16. The molecule has 0 fully saturated rings. The maximum atomic E-state index is 11.8. The van der Waals surface area contributed by atoms with Gasteiger partial charge in [0.15, 0.2) is 0 Å². The number of nitrogens with one attached hydrogen (secondary N) is 1. The summed E-state index contributed by atoms with van der Waals surface area (Å²) in [7, 11) is 1.73. The Balaban J connectivity index is 2.70. The minimum absolute atomic E-state index is 0.00700. The molecule has 0 radical (unpaired) electrons. The Labute approximate surface area is 119 Å². The zero-order valence-electron chi connectivity index (χ0n) is 11.9. The fourth-order valence-electron chi connectivity index (χ4n) is 1.65. The van der Waals surface area contributed by atoms with E-state index in [4.69, 9.17) is 5.73 Å². The number of nitrogens with zero attached hydrogens (tertiary/aromatic N) is 1. The second-order valence-corrected chi connectivity index (χ2v) is 4.70. The zero-order chi connectivity index (χ0) is 15.1. The monoisotopic (exact) mass is 275 g/mol. The van der Waals surface area contributed by atoms with Crippen LogP contribution in [0.2, 0.25) is 0 Å². The molecule has 1 aromatic carbocycles. The normalized spacial score (nSPS) is 11.6. The highest BCUT2D eigenvalue weighted by atomic mass is 16.2. The number of hydrogen-bond donors (Lipinski definition) is 2. The number of carbonyl (C=O) groups excluding carboxylic acids is 2. The average Bonchev–Trinajstić information content (AvgIpc) is 2.39. The highest BCUT2D eigenvalue weighted by Gasteiger charge is 2.12. The number of benzene rings is 1. The van der Waals surface area contributed by atoms with E-state index in [-0.39, 0.29) is 11.8 Å². The zero-order valence-corrected chi connectivity index (χ0v) is 11.9. The molecule has 5 heteroatoms. The van der Waals surface area contributed by atoms with Crippen LogP contribution in [0.3, 0.4) is 0 Å². The molecular weight excluding hydrogens is 254 g/mol. The van der Waals surface area contributed by atoms with Crippen LogP contribution in [0.25, 0.3) is 0 Å². The van der Waals surface area contributed by atoms with Crippen molar-refractivity contribution in [2.24, 2.45) is 5.73 Å². The number of hydrogen-bond acceptors (Lipinski definition) is 3. The molecule has 5 nitrogen and oxygen atoms in total. The predicted molar refractivity (Wildman–Crippen MR) is 80.0 cm³/mol. The summed E-state index contributed by atoms with van der Waals surface area (Å²) in [6, 6.07) is 6.75. The van der Waals surface area contributed by atoms with Crippen LogP contribution in [-0.4, -0.2) is 29.8 Å². The molecule has 3 N–H and O–H groups in total. The SMILES string of the molecule is C=CCC(N)C(=O)Nc1cccc(CN(C)C(C)=O)c1. The highest BCUT2D eigenvalue weighted by molar-refractivity contribution is 5.94. The van der Waals surface area contributed by atoms with E-state index >= 15 is 0 Å². The van der Waals surface area contributed by atoms with Crippen molar-refractivity contribution in [1.82, 2.24) is 4.90 Å². The average molecular weight is 275 g/mol. The third-order valence-electron chi connectivity index (χ3n) is 2.91. The van der Waals surface area contributed by atoms with Crippen LogP contribution in [0.5, 0.6) is 0 Å². The Kier molecular flexibility index (Phi) is 5.93. The topological polar surface area (TPSA) is 75.4 Å². The predicted octanol–water partition coefficient (Wildman–Crippen LogP) is 1.51. The number of rotatable bonds is 6. The van der Waals surface area contributed by atoms with Gasteiger partial charge in [-0.05, 0) is 24.1 Å². The molecule has 1 unspecified atom stereocenters. The highest BCUT2D eigenvalue weighted by Crippen LogP contribution is 2.13. The van der Waals surface area contributed by atoms with Gasteiger partial charge in [-0.3, -0.25) is 9.59 Å². The smallest absolute Gasteiger partial charge is 0.241 e. The van der Waals surface area contributed by atoms with Gasteiger partial charge in [0.2, 0.25) is 11.8 Å². The lowest BCUT2D eigenvalue weighted by Crippen LogP contribution is -2.35. The first-order chi connectivity index (χ1) is 9.43. The van der Waals surface area contributed by atoms with Gasteiger partial charge in [0.05, 0.1) is 6.04 Å². The van der Waals surface area contributed by atoms with E-state index in [1.807, 2.05) is 18.2 Å². The molecule has 0 aliphatic carbocycles. The third-order valence-corrected chi connectivity index (χ3v) is 2.91. The van der Waals surface area contributed by atoms with Crippen molar-refractivity contribution in [2.45, 2.75) is 25.9 Å². The van der Waals surface area contributed by atoms with Crippen LogP contribution in [-0.2, 0) is 16.1 Å². The van der Waals surface area contributed by atoms with Crippen LogP contribution in [0.4, 0.5) is 5.69 Å². The number of anilines is 1. The van der Waals surface area contributed by atoms with E-state index in [9.17, 15) is 9.59 Å². The molecule has 0 spiro atoms. The molecule has 0 saturated heterocycles. The van der Waals surface area contributed by atoms with Gasteiger partial charge in [0, 0.05) is 26.2 Å². The van der Waals surface area contributed by atoms with Crippen LogP contribution in [0.15, 0.2) is 36.9 Å². The first-order valence-electron chi connectivity index (χ1n) is 6.42. The van der Waals surface area contributed by atoms with Gasteiger partial charge in [-0.25, -0.2) is 0 Å². The molecule has 0 aliphatic heterocycles. The number of carbonyl (C=O) groups is 2. The molecule has 1 atom stereocenters. The molecule has 0 aromatic heterocycles. The summed E-state index contributed by atoms with van der Waals surface area (Å²) < 4.78 is 0. The quantitative estimate of drug-likeness (QED) is 0.773. The summed E-state index contributed by atoms with van der Waals surface area (Å²) in [5.74, 6) is -0.255. The van der Waals surface area contributed by atoms with Gasteiger partial charge in [-0.1, -0.05) is 18.2 Å². The largest absolute Gasteiger partial charge is 0.342 e. The Hall–Kier alpha value is -2.14. The maximum Gasteiger partial charge on any atom is 0.241 e. The lowest BCUT2D eigenvalue weighted by atomic mass is 10.1. The Morgan fingerprint density at radius 1 is 1.50 bits per heavy atom. The van der Waals surface area contributed by atoms with E-state index < -0.39 is 6.04 Å². The molecular formula is C15H21N3O2. The van der Waals surface area contributed by atoms with Crippen LogP contribution < -0.4 is 11.1 Å². The van der Waals surface area contributed by atoms with Gasteiger partial charge in [-0.15, -0.1) is 6.58 Å². The number of amides is 2. The van der Waals surface area contributed by atoms with Crippen molar-refractivity contribution in [3.8, 4) is 0 Å². The summed E-state index contributed by atoms with van der Waals surface area (Å²) in [6.45, 7) is 5.57. The van der Waals surface area contributed by atoms with E-state index in [1.165, 1.54) is 6.92 Å². The minimum Gasteiger partial charge on any atom is -0.342 e. The second-order valence-electron chi connectivity index (χ2n) is 4.70. The van der Waals surface area contributed by atoms with Crippen LogP contribution in [0, 0.1) is 0 Å². The van der Waals surface area contributed by atoms with E-state index in [0.717, 1.165) is 5.56 Å². The molecule has 1 aromatic rings. The van der Waals surface area contributed by atoms with E-state index in [0.29, 0.717) is 18.7 Å². The first kappa shape index (κ1) is 15.9. The van der Waals surface area contributed by atoms with Crippen molar-refractivity contribution in [2.75, 3.05) is 12.4 Å². The van der Waals surface area contributed by atoms with Crippen molar-refractivity contribution in [3.05, 3.63) is 42.5 Å². The molecule has 108 valence electrons. The molecule has 0 bridgehead atoms. The lowest BCUT2D eigenvalue weighted by molar-refractivity contribution is -0.128. The summed E-state index contributed by atoms with van der Waals surface area (Å²) in [5, 5.41) is 2.75.